The van der Waals surface area contributed by atoms with Crippen LogP contribution in [0.1, 0.15) is 17.3 Å². The van der Waals surface area contributed by atoms with Crippen LogP contribution in [0, 0.1) is 0 Å². The van der Waals surface area contributed by atoms with Crippen LogP contribution in [0.3, 0.4) is 0 Å². The first-order valence-corrected chi connectivity index (χ1v) is 10.5. The second-order valence-electron chi connectivity index (χ2n) is 6.38. The maximum atomic E-state index is 13.1. The molecule has 0 N–H and O–H groups in total. The molecular weight excluding hydrogens is 436 g/mol. The van der Waals surface area contributed by atoms with Crippen LogP contribution >= 0.6 is 11.3 Å². The van der Waals surface area contributed by atoms with Gasteiger partial charge in [0, 0.05) is 0 Å². The molecule has 32 heavy (non-hydrogen) atoms. The van der Waals surface area contributed by atoms with Crippen molar-refractivity contribution in [3.63, 3.8) is 0 Å². The molecule has 3 aromatic rings. The number of hydrogen-bond donors (Lipinski definition) is 0. The third-order valence-electron chi connectivity index (χ3n) is 4.62. The Bertz CT molecular complexity index is 1210. The number of benzene rings is 2. The minimum absolute atomic E-state index is 0.154. The molecule has 10 heteroatoms. The summed E-state index contributed by atoms with van der Waals surface area (Å²) in [7, 11) is 6.00. The highest BCUT2D eigenvalue weighted by Gasteiger charge is 2.21. The molecule has 170 valence electrons. The lowest BCUT2D eigenvalue weighted by molar-refractivity contribution is -0.143. The Hall–Kier alpha value is -3.53. The number of carbonyl (C=O) groups is 2. The summed E-state index contributed by atoms with van der Waals surface area (Å²) < 4.78 is 29.0. The van der Waals surface area contributed by atoms with Crippen LogP contribution < -0.4 is 23.7 Å². The van der Waals surface area contributed by atoms with E-state index in [1.54, 1.807) is 48.9 Å². The van der Waals surface area contributed by atoms with Crippen LogP contribution in [0.2, 0.25) is 0 Å². The summed E-state index contributed by atoms with van der Waals surface area (Å²) in [6.45, 7) is 1.80. The van der Waals surface area contributed by atoms with E-state index < -0.39 is 11.9 Å². The Morgan fingerprint density at radius 3 is 2.25 bits per heavy atom. The van der Waals surface area contributed by atoms with Gasteiger partial charge >= 0.3 is 5.97 Å². The fraction of sp³-hybridized carbons (Fsp3) is 0.318. The first-order valence-electron chi connectivity index (χ1n) is 9.68. The molecule has 0 aliphatic heterocycles. The number of aromatic nitrogens is 1. The molecule has 0 fully saturated rings. The normalized spacial score (nSPS) is 11.3. The number of amides is 1. The van der Waals surface area contributed by atoms with Crippen LogP contribution in [0.15, 0.2) is 35.3 Å². The van der Waals surface area contributed by atoms with Crippen LogP contribution in [0.4, 0.5) is 0 Å². The highest BCUT2D eigenvalue weighted by Crippen LogP contribution is 2.35. The standard InChI is InChI=1S/C22H24N2O7S/c1-6-31-17(25)12-24-18-14(27-2)10-11-16(29-4)20(18)32-22(24)23-21(26)13-8-7-9-15(28-3)19(13)30-5/h7-11H,6,12H2,1-5H3. The SMILES string of the molecule is CCOC(=O)Cn1c(=NC(=O)c2cccc(OC)c2OC)sc2c(OC)ccc(OC)c21. The predicted octanol–water partition coefficient (Wildman–Crippen LogP) is 3.04. The van der Waals surface area contributed by atoms with Gasteiger partial charge in [-0.05, 0) is 31.2 Å². The summed E-state index contributed by atoms with van der Waals surface area (Å²) in [4.78, 5) is 30.0. The molecule has 9 nitrogen and oxygen atoms in total. The van der Waals surface area contributed by atoms with Crippen molar-refractivity contribution in [1.29, 1.82) is 0 Å². The van der Waals surface area contributed by atoms with E-state index in [2.05, 4.69) is 4.99 Å². The zero-order valence-electron chi connectivity index (χ0n) is 18.5. The van der Waals surface area contributed by atoms with Gasteiger partial charge in [0.25, 0.3) is 5.91 Å². The van der Waals surface area contributed by atoms with Crippen LogP contribution in [0.5, 0.6) is 23.0 Å². The average molecular weight is 461 g/mol. The smallest absolute Gasteiger partial charge is 0.326 e. The van der Waals surface area contributed by atoms with E-state index >= 15 is 0 Å². The van der Waals surface area contributed by atoms with Crippen molar-refractivity contribution in [1.82, 2.24) is 4.57 Å². The number of esters is 1. The number of fused-ring (bicyclic) bond motifs is 1. The number of thiazole rings is 1. The second-order valence-corrected chi connectivity index (χ2v) is 7.36. The number of hydrogen-bond acceptors (Lipinski definition) is 8. The molecule has 1 aromatic heterocycles. The van der Waals surface area contributed by atoms with Gasteiger partial charge in [0.15, 0.2) is 16.3 Å². The van der Waals surface area contributed by atoms with Gasteiger partial charge in [-0.25, -0.2) is 0 Å². The second kappa shape index (κ2) is 10.2. The van der Waals surface area contributed by atoms with Gasteiger partial charge in [-0.3, -0.25) is 9.59 Å². The van der Waals surface area contributed by atoms with E-state index in [0.29, 0.717) is 27.5 Å². The van der Waals surface area contributed by atoms with Crippen LogP contribution in [-0.4, -0.2) is 51.5 Å². The van der Waals surface area contributed by atoms with E-state index in [9.17, 15) is 9.59 Å². The van der Waals surface area contributed by atoms with Crippen molar-refractivity contribution in [2.24, 2.45) is 4.99 Å². The van der Waals surface area contributed by atoms with Gasteiger partial charge in [-0.15, -0.1) is 0 Å². The Morgan fingerprint density at radius 1 is 0.938 bits per heavy atom. The Balaban J connectivity index is 2.26. The molecule has 0 aliphatic rings. The molecule has 0 unspecified atom stereocenters. The Labute approximate surface area is 188 Å². The van der Waals surface area contributed by atoms with Crippen molar-refractivity contribution in [3.8, 4) is 23.0 Å². The highest BCUT2D eigenvalue weighted by molar-refractivity contribution is 7.16. The van der Waals surface area contributed by atoms with Crippen molar-refractivity contribution >= 4 is 33.4 Å². The van der Waals surface area contributed by atoms with E-state index in [4.69, 9.17) is 23.7 Å². The fourth-order valence-electron chi connectivity index (χ4n) is 3.22. The molecule has 0 saturated heterocycles. The zero-order chi connectivity index (χ0) is 23.3. The molecule has 1 heterocycles. The van der Waals surface area contributed by atoms with Gasteiger partial charge in [-0.1, -0.05) is 17.4 Å². The average Bonchev–Trinajstić information content (AvgIpc) is 3.15. The predicted molar refractivity (Wildman–Crippen MR) is 119 cm³/mol. The fourth-order valence-corrected chi connectivity index (χ4v) is 4.36. The summed E-state index contributed by atoms with van der Waals surface area (Å²) in [5.74, 6) is 0.739. The summed E-state index contributed by atoms with van der Waals surface area (Å²) in [5, 5.41) is 0. The molecule has 0 bridgehead atoms. The molecule has 2 aromatic carbocycles. The van der Waals surface area contributed by atoms with E-state index in [0.717, 1.165) is 0 Å². The molecule has 0 atom stereocenters. The number of rotatable bonds is 8. The Kier molecular flexibility index (Phi) is 7.37. The number of methoxy groups -OCH3 is 4. The van der Waals surface area contributed by atoms with Gasteiger partial charge in [-0.2, -0.15) is 4.99 Å². The van der Waals surface area contributed by atoms with E-state index in [-0.39, 0.29) is 29.3 Å². The lowest BCUT2D eigenvalue weighted by Crippen LogP contribution is -2.23. The molecule has 0 radical (unpaired) electrons. The van der Waals surface area contributed by atoms with Gasteiger partial charge in [0.05, 0.1) is 40.6 Å². The van der Waals surface area contributed by atoms with Crippen molar-refractivity contribution in [2.75, 3.05) is 35.0 Å². The van der Waals surface area contributed by atoms with E-state index in [1.165, 1.54) is 32.7 Å². The maximum Gasteiger partial charge on any atom is 0.326 e. The minimum atomic E-state index is -0.553. The summed E-state index contributed by atoms with van der Waals surface area (Å²) in [6, 6.07) is 8.44. The van der Waals surface area contributed by atoms with Gasteiger partial charge in [0.1, 0.15) is 28.3 Å². The molecule has 1 amide bonds. The van der Waals surface area contributed by atoms with Gasteiger partial charge < -0.3 is 28.3 Å². The van der Waals surface area contributed by atoms with Crippen LogP contribution in [0.25, 0.3) is 10.2 Å². The quantitative estimate of drug-likeness (QED) is 0.477. The van der Waals surface area contributed by atoms with E-state index in [1.807, 2.05) is 0 Å². The number of nitrogens with zero attached hydrogens (tertiary/aromatic N) is 2. The topological polar surface area (TPSA) is 97.6 Å². The van der Waals surface area contributed by atoms with Gasteiger partial charge in [0.2, 0.25) is 0 Å². The van der Waals surface area contributed by atoms with Crippen LogP contribution in [-0.2, 0) is 16.1 Å². The first kappa shape index (κ1) is 23.1. The number of ether oxygens (including phenoxy) is 5. The summed E-state index contributed by atoms with van der Waals surface area (Å²) in [5.41, 5.74) is 0.806. The first-order chi connectivity index (χ1) is 15.5. The number of carbonyl (C=O) groups excluding carboxylic acids is 2. The largest absolute Gasteiger partial charge is 0.495 e. The summed E-state index contributed by atoms with van der Waals surface area (Å²) >= 11 is 1.20. The minimum Gasteiger partial charge on any atom is -0.495 e. The van der Waals surface area contributed by atoms with Crippen molar-refractivity contribution in [2.45, 2.75) is 13.5 Å². The summed E-state index contributed by atoms with van der Waals surface area (Å²) in [6.07, 6.45) is 0. The van der Waals surface area contributed by atoms with Crippen molar-refractivity contribution in [3.05, 3.63) is 40.7 Å². The molecule has 3 rings (SSSR count). The maximum absolute atomic E-state index is 13.1. The molecule has 0 spiro atoms. The Morgan fingerprint density at radius 2 is 1.62 bits per heavy atom. The number of para-hydroxylation sites is 1. The third kappa shape index (κ3) is 4.40. The lowest BCUT2D eigenvalue weighted by Gasteiger charge is -2.10. The molecule has 0 saturated carbocycles. The van der Waals surface area contributed by atoms with Crippen molar-refractivity contribution < 1.29 is 33.3 Å². The highest BCUT2D eigenvalue weighted by atomic mass is 32.1. The lowest BCUT2D eigenvalue weighted by atomic mass is 10.2. The molecule has 0 aliphatic carbocycles. The molecular formula is C22H24N2O7S. The third-order valence-corrected chi connectivity index (χ3v) is 5.71. The zero-order valence-corrected chi connectivity index (χ0v) is 19.3. The monoisotopic (exact) mass is 460 g/mol.